The lowest BCUT2D eigenvalue weighted by atomic mass is 10.0. The number of amides is 1. The van der Waals surface area contributed by atoms with Gasteiger partial charge in [-0.1, -0.05) is 32.0 Å². The van der Waals surface area contributed by atoms with E-state index in [2.05, 4.69) is 66.5 Å². The van der Waals surface area contributed by atoms with Crippen LogP contribution in [-0.2, 0) is 19.9 Å². The largest absolute Gasteiger partial charge is 0.494 e. The highest BCUT2D eigenvalue weighted by molar-refractivity contribution is 5.88. The summed E-state index contributed by atoms with van der Waals surface area (Å²) < 4.78 is 13.2. The molecule has 0 aliphatic carbocycles. The van der Waals surface area contributed by atoms with Crippen LogP contribution in [-0.4, -0.2) is 66.9 Å². The first-order chi connectivity index (χ1) is 20.7. The molecule has 0 radical (unpaired) electrons. The Balaban J connectivity index is 1.46. The summed E-state index contributed by atoms with van der Waals surface area (Å²) >= 11 is 0. The van der Waals surface area contributed by atoms with Gasteiger partial charge in [-0.15, -0.1) is 0 Å². The molecule has 0 saturated carbocycles. The van der Waals surface area contributed by atoms with E-state index in [0.717, 1.165) is 66.2 Å². The predicted molar refractivity (Wildman–Crippen MR) is 174 cm³/mol. The highest BCUT2D eigenvalue weighted by Crippen LogP contribution is 2.32. The number of ether oxygens (including phenoxy) is 2. The maximum Gasteiger partial charge on any atom is 0.417 e. The summed E-state index contributed by atoms with van der Waals surface area (Å²) in [5, 5.41) is 6.24. The zero-order valence-corrected chi connectivity index (χ0v) is 26.3. The standard InChI is InChI=1S/C33H43N7O3/c1-8-23-12-10-13-24(9-2)31(23)37-33(41)43-26-21-29(40(6)22-26)27-16-17-34-32(35-27)36-28-15-14-25(20-30(28)42-7)39(5)19-11-18-38(3)4/h10,12-17,20-22H,8-9,11,18-19H2,1-7H3,(H,37,41)(H,34,35,36). The lowest BCUT2D eigenvalue weighted by molar-refractivity contribution is 0.215. The molecule has 10 heteroatoms. The van der Waals surface area contributed by atoms with E-state index >= 15 is 0 Å². The summed E-state index contributed by atoms with van der Waals surface area (Å²) in [6.07, 6.45) is 5.61. The number of carbonyl (C=O) groups is 1. The molecule has 4 aromatic rings. The van der Waals surface area contributed by atoms with Crippen LogP contribution in [0.2, 0.25) is 0 Å². The molecule has 0 unspecified atom stereocenters. The Labute approximate surface area is 254 Å². The summed E-state index contributed by atoms with van der Waals surface area (Å²) in [6.45, 7) is 6.11. The van der Waals surface area contributed by atoms with Crippen molar-refractivity contribution in [1.82, 2.24) is 19.4 Å². The Morgan fingerprint density at radius 1 is 1.00 bits per heavy atom. The van der Waals surface area contributed by atoms with Crippen molar-refractivity contribution < 1.29 is 14.3 Å². The molecule has 2 aromatic heterocycles. The molecular formula is C33H43N7O3. The lowest BCUT2D eigenvalue weighted by Crippen LogP contribution is -2.23. The number of nitrogens with one attached hydrogen (secondary N) is 2. The monoisotopic (exact) mass is 585 g/mol. The number of hydrogen-bond acceptors (Lipinski definition) is 8. The van der Waals surface area contributed by atoms with Crippen LogP contribution in [0, 0.1) is 0 Å². The average molecular weight is 586 g/mol. The summed E-state index contributed by atoms with van der Waals surface area (Å²) in [4.78, 5) is 26.4. The quantitative estimate of drug-likeness (QED) is 0.187. The van der Waals surface area contributed by atoms with E-state index in [-0.39, 0.29) is 0 Å². The van der Waals surface area contributed by atoms with E-state index in [0.29, 0.717) is 23.1 Å². The average Bonchev–Trinajstić information content (AvgIpc) is 3.36. The fourth-order valence-electron chi connectivity index (χ4n) is 4.94. The zero-order valence-electron chi connectivity index (χ0n) is 26.3. The fraction of sp³-hybridized carbons (Fsp3) is 0.364. The third-order valence-electron chi connectivity index (χ3n) is 7.31. The highest BCUT2D eigenvalue weighted by Gasteiger charge is 2.16. The van der Waals surface area contributed by atoms with Gasteiger partial charge < -0.3 is 29.2 Å². The molecule has 0 aliphatic heterocycles. The second-order valence-electron chi connectivity index (χ2n) is 10.7. The number of aromatic nitrogens is 3. The van der Waals surface area contributed by atoms with Gasteiger partial charge in [0.1, 0.15) is 5.75 Å². The maximum absolute atomic E-state index is 12.8. The molecule has 1 amide bonds. The molecule has 0 spiro atoms. The highest BCUT2D eigenvalue weighted by atomic mass is 16.6. The van der Waals surface area contributed by atoms with Crippen molar-refractivity contribution in [3.05, 3.63) is 72.1 Å². The summed E-state index contributed by atoms with van der Waals surface area (Å²) in [6, 6.07) is 15.7. The molecule has 4 rings (SSSR count). The van der Waals surface area contributed by atoms with Gasteiger partial charge in [-0.2, -0.15) is 0 Å². The van der Waals surface area contributed by atoms with Crippen molar-refractivity contribution in [2.75, 3.05) is 56.9 Å². The third-order valence-corrected chi connectivity index (χ3v) is 7.31. The first-order valence-electron chi connectivity index (χ1n) is 14.6. The smallest absolute Gasteiger partial charge is 0.417 e. The van der Waals surface area contributed by atoms with Gasteiger partial charge in [-0.25, -0.2) is 14.8 Å². The minimum Gasteiger partial charge on any atom is -0.494 e. The number of carbonyl (C=O) groups excluding carboxylic acids is 1. The summed E-state index contributed by atoms with van der Waals surface area (Å²) in [7, 11) is 9.78. The van der Waals surface area contributed by atoms with Crippen LogP contribution in [0.3, 0.4) is 0 Å². The van der Waals surface area contributed by atoms with Gasteiger partial charge in [0, 0.05) is 50.9 Å². The van der Waals surface area contributed by atoms with Crippen molar-refractivity contribution in [2.24, 2.45) is 7.05 Å². The molecule has 0 atom stereocenters. The normalized spacial score (nSPS) is 11.0. The number of para-hydroxylation sites is 1. The first kappa shape index (κ1) is 31.4. The molecule has 0 bridgehead atoms. The molecule has 10 nitrogen and oxygen atoms in total. The SMILES string of the molecule is CCc1cccc(CC)c1NC(=O)Oc1cc(-c2ccnc(Nc3ccc(N(C)CCCN(C)C)cc3OC)n2)n(C)c1. The van der Waals surface area contributed by atoms with Crippen LogP contribution >= 0.6 is 0 Å². The van der Waals surface area contributed by atoms with Gasteiger partial charge in [0.15, 0.2) is 5.75 Å². The van der Waals surface area contributed by atoms with Crippen molar-refractivity contribution in [3.63, 3.8) is 0 Å². The molecule has 0 aliphatic rings. The van der Waals surface area contributed by atoms with Gasteiger partial charge in [-0.05, 0) is 69.2 Å². The summed E-state index contributed by atoms with van der Waals surface area (Å²) in [5.41, 5.74) is 6.25. The van der Waals surface area contributed by atoms with Crippen LogP contribution in [0.4, 0.5) is 27.8 Å². The van der Waals surface area contributed by atoms with Crippen LogP contribution in [0.5, 0.6) is 11.5 Å². The van der Waals surface area contributed by atoms with Gasteiger partial charge in [0.05, 0.1) is 29.9 Å². The summed E-state index contributed by atoms with van der Waals surface area (Å²) in [5.74, 6) is 1.54. The Bertz CT molecular complexity index is 1510. The van der Waals surface area contributed by atoms with Crippen molar-refractivity contribution >= 4 is 29.1 Å². The molecule has 2 N–H and O–H groups in total. The number of benzene rings is 2. The Kier molecular flexibility index (Phi) is 10.6. The van der Waals surface area contributed by atoms with Crippen LogP contribution in [0.1, 0.15) is 31.4 Å². The van der Waals surface area contributed by atoms with Crippen LogP contribution in [0.25, 0.3) is 11.4 Å². The van der Waals surface area contributed by atoms with Gasteiger partial charge >= 0.3 is 6.09 Å². The number of anilines is 4. The first-order valence-corrected chi connectivity index (χ1v) is 14.6. The molecule has 2 aromatic carbocycles. The number of methoxy groups -OCH3 is 1. The van der Waals surface area contributed by atoms with E-state index in [9.17, 15) is 4.79 Å². The molecule has 0 saturated heterocycles. The number of rotatable bonds is 13. The van der Waals surface area contributed by atoms with E-state index < -0.39 is 6.09 Å². The van der Waals surface area contributed by atoms with Gasteiger partial charge in [0.25, 0.3) is 0 Å². The Morgan fingerprint density at radius 3 is 2.42 bits per heavy atom. The predicted octanol–water partition coefficient (Wildman–Crippen LogP) is 6.36. The van der Waals surface area contributed by atoms with Crippen LogP contribution < -0.4 is 25.0 Å². The third kappa shape index (κ3) is 8.04. The maximum atomic E-state index is 12.8. The number of nitrogens with zero attached hydrogens (tertiary/aromatic N) is 5. The van der Waals surface area contributed by atoms with Crippen molar-refractivity contribution in [1.29, 1.82) is 0 Å². The van der Waals surface area contributed by atoms with E-state index in [1.165, 1.54) is 0 Å². The van der Waals surface area contributed by atoms with Crippen LogP contribution in [0.15, 0.2) is 60.9 Å². The second kappa shape index (κ2) is 14.6. The van der Waals surface area contributed by atoms with E-state index in [4.69, 9.17) is 14.5 Å². The second-order valence-corrected chi connectivity index (χ2v) is 10.7. The topological polar surface area (TPSA) is 96.8 Å². The molecule has 2 heterocycles. The molecule has 228 valence electrons. The zero-order chi connectivity index (χ0) is 30.9. The van der Waals surface area contributed by atoms with E-state index in [1.807, 2.05) is 48.0 Å². The van der Waals surface area contributed by atoms with Crippen molar-refractivity contribution in [2.45, 2.75) is 33.1 Å². The van der Waals surface area contributed by atoms with Gasteiger partial charge in [0.2, 0.25) is 5.95 Å². The Hall–Kier alpha value is -4.57. The van der Waals surface area contributed by atoms with E-state index in [1.54, 1.807) is 25.6 Å². The Morgan fingerprint density at radius 2 is 1.74 bits per heavy atom. The number of aryl methyl sites for hydroxylation is 3. The molecule has 43 heavy (non-hydrogen) atoms. The minimum atomic E-state index is -0.531. The molecule has 0 fully saturated rings. The lowest BCUT2D eigenvalue weighted by Gasteiger charge is -2.22. The fourth-order valence-corrected chi connectivity index (χ4v) is 4.94. The number of hydrogen-bond donors (Lipinski definition) is 2. The molecular weight excluding hydrogens is 542 g/mol. The minimum absolute atomic E-state index is 0.419. The van der Waals surface area contributed by atoms with Crippen molar-refractivity contribution in [3.8, 4) is 22.9 Å². The van der Waals surface area contributed by atoms with Gasteiger partial charge in [-0.3, -0.25) is 5.32 Å².